The van der Waals surface area contributed by atoms with E-state index in [9.17, 15) is 19.5 Å². The van der Waals surface area contributed by atoms with Crippen LogP contribution in [-0.4, -0.2) is 212 Å². The van der Waals surface area contributed by atoms with E-state index in [1.165, 1.54) is 6.20 Å². The summed E-state index contributed by atoms with van der Waals surface area (Å²) in [6.07, 6.45) is 3.33. The first-order chi connectivity index (χ1) is 30.9. The fraction of sp³-hybridized carbons (Fsp3) is 0.744. The first-order valence-corrected chi connectivity index (χ1v) is 21.9. The van der Waals surface area contributed by atoms with E-state index in [2.05, 4.69) is 0 Å². The summed E-state index contributed by atoms with van der Waals surface area (Å²) in [5.74, 6) is -1.97. The number of halogens is 1. The zero-order valence-electron chi connectivity index (χ0n) is 36.8. The zero-order chi connectivity index (χ0) is 44.7. The largest absolute Gasteiger partial charge is 0.477 e. The Bertz CT molecular complexity index is 1630. The first kappa shape index (κ1) is 52.2. The second-order valence-electron chi connectivity index (χ2n) is 14.5. The summed E-state index contributed by atoms with van der Waals surface area (Å²) in [7, 11) is 1.64. The molecule has 2 aliphatic rings. The normalized spacial score (nSPS) is 14.3. The monoisotopic (exact) mass is 901 g/mol. The molecular formula is C43H68FN3O16. The molecule has 0 radical (unpaired) electrons. The van der Waals surface area contributed by atoms with Gasteiger partial charge in [-0.25, -0.2) is 9.18 Å². The van der Waals surface area contributed by atoms with E-state index in [-0.39, 0.29) is 35.9 Å². The number of hydrogen-bond acceptors (Lipinski definition) is 16. The molecule has 1 saturated carbocycles. The molecule has 1 saturated heterocycles. The van der Waals surface area contributed by atoms with Crippen LogP contribution in [0.15, 0.2) is 23.1 Å². The fourth-order valence-electron chi connectivity index (χ4n) is 6.37. The molecule has 1 aromatic heterocycles. The van der Waals surface area contributed by atoms with E-state index >= 15 is 4.39 Å². The first-order valence-electron chi connectivity index (χ1n) is 21.9. The number of pyridine rings is 1. The van der Waals surface area contributed by atoms with Crippen LogP contribution in [0.4, 0.5) is 10.1 Å². The molecule has 1 aliphatic heterocycles. The van der Waals surface area contributed by atoms with Gasteiger partial charge in [-0.15, -0.1) is 0 Å². The van der Waals surface area contributed by atoms with Crippen molar-refractivity contribution in [3.8, 4) is 0 Å². The summed E-state index contributed by atoms with van der Waals surface area (Å²) in [5, 5.41) is 9.55. The Hall–Kier alpha value is -3.38. The molecule has 0 atom stereocenters. The van der Waals surface area contributed by atoms with E-state index in [0.717, 1.165) is 18.9 Å². The lowest BCUT2D eigenvalue weighted by Crippen LogP contribution is -2.49. The highest BCUT2D eigenvalue weighted by Crippen LogP contribution is 2.38. The molecule has 19 nitrogen and oxygen atoms in total. The van der Waals surface area contributed by atoms with Crippen molar-refractivity contribution in [1.29, 1.82) is 0 Å². The van der Waals surface area contributed by atoms with Crippen LogP contribution >= 0.6 is 0 Å². The number of piperazine rings is 1. The number of carbonyl (C=O) groups excluding carboxylic acids is 1. The van der Waals surface area contributed by atoms with Crippen LogP contribution in [0.25, 0.3) is 10.9 Å². The summed E-state index contributed by atoms with van der Waals surface area (Å²) >= 11 is 0. The van der Waals surface area contributed by atoms with Crippen LogP contribution in [0.3, 0.4) is 0 Å². The molecule has 20 heteroatoms. The maximum Gasteiger partial charge on any atom is 0.341 e. The SMILES string of the molecule is COCCOCCOCCOCCOCCOCCOCCOCCOCCOCCOCCOCCC(=O)N1CCN(c2cc3c(cc2F)c(=O)c(C(=O)O)cn3C2CC2)CC1. The number of benzene rings is 1. The number of methoxy groups -OCH3 is 1. The van der Waals surface area contributed by atoms with Crippen LogP contribution in [0.2, 0.25) is 0 Å². The van der Waals surface area contributed by atoms with Gasteiger partial charge < -0.3 is 76.3 Å². The average Bonchev–Trinajstić information content (AvgIpc) is 4.13. The van der Waals surface area contributed by atoms with Crippen LogP contribution in [0.5, 0.6) is 0 Å². The molecule has 0 spiro atoms. The quantitative estimate of drug-likeness (QED) is 0.0958. The molecule has 2 aromatic rings. The van der Waals surface area contributed by atoms with Gasteiger partial charge in [-0.3, -0.25) is 9.59 Å². The number of ether oxygens (including phenoxy) is 12. The van der Waals surface area contributed by atoms with Gasteiger partial charge in [-0.05, 0) is 25.0 Å². The second-order valence-corrected chi connectivity index (χ2v) is 14.5. The Morgan fingerprint density at radius 2 is 0.968 bits per heavy atom. The molecule has 2 heterocycles. The van der Waals surface area contributed by atoms with Gasteiger partial charge in [0.05, 0.1) is 170 Å². The number of nitrogens with zero attached hydrogens (tertiary/aromatic N) is 3. The Balaban J connectivity index is 0.856. The van der Waals surface area contributed by atoms with Crippen molar-refractivity contribution in [2.24, 2.45) is 0 Å². The molecule has 63 heavy (non-hydrogen) atoms. The third kappa shape index (κ3) is 21.0. The molecule has 4 rings (SSSR count). The molecule has 1 N–H and O–H groups in total. The number of hydrogen-bond donors (Lipinski definition) is 1. The number of anilines is 1. The van der Waals surface area contributed by atoms with Crippen LogP contribution in [0.1, 0.15) is 35.7 Å². The van der Waals surface area contributed by atoms with Gasteiger partial charge in [0.15, 0.2) is 0 Å². The van der Waals surface area contributed by atoms with Gasteiger partial charge in [-0.2, -0.15) is 0 Å². The van der Waals surface area contributed by atoms with Gasteiger partial charge in [0, 0.05) is 50.9 Å². The van der Waals surface area contributed by atoms with Crippen molar-refractivity contribution in [1.82, 2.24) is 9.47 Å². The van der Waals surface area contributed by atoms with Crippen molar-refractivity contribution in [3.05, 3.63) is 39.9 Å². The molecule has 0 bridgehead atoms. The summed E-state index contributed by atoms with van der Waals surface area (Å²) in [6.45, 7) is 12.4. The van der Waals surface area contributed by atoms with Gasteiger partial charge in [0.2, 0.25) is 11.3 Å². The Kier molecular flexibility index (Phi) is 26.8. The average molecular weight is 902 g/mol. The Morgan fingerprint density at radius 1 is 0.587 bits per heavy atom. The highest BCUT2D eigenvalue weighted by molar-refractivity contribution is 5.93. The fourth-order valence-corrected chi connectivity index (χ4v) is 6.37. The highest BCUT2D eigenvalue weighted by atomic mass is 19.1. The summed E-state index contributed by atoms with van der Waals surface area (Å²) in [6, 6.07) is 2.86. The second kappa shape index (κ2) is 32.3. The van der Waals surface area contributed by atoms with Crippen molar-refractivity contribution in [3.63, 3.8) is 0 Å². The number of carboxylic acid groups (broad SMARTS) is 1. The van der Waals surface area contributed by atoms with Crippen LogP contribution < -0.4 is 10.3 Å². The molecule has 358 valence electrons. The minimum absolute atomic E-state index is 0.0424. The smallest absolute Gasteiger partial charge is 0.341 e. The Labute approximate surface area is 368 Å². The molecular weight excluding hydrogens is 833 g/mol. The number of carboxylic acids is 1. The molecule has 2 fully saturated rings. The lowest BCUT2D eigenvalue weighted by Gasteiger charge is -2.36. The summed E-state index contributed by atoms with van der Waals surface area (Å²) in [4.78, 5) is 40.8. The third-order valence-corrected chi connectivity index (χ3v) is 9.86. The minimum Gasteiger partial charge on any atom is -0.477 e. The lowest BCUT2D eigenvalue weighted by atomic mass is 10.1. The number of carbonyl (C=O) groups is 2. The molecule has 1 aromatic carbocycles. The van der Waals surface area contributed by atoms with Crippen LogP contribution in [0, 0.1) is 5.82 Å². The lowest BCUT2D eigenvalue weighted by molar-refractivity contribution is -0.132. The van der Waals surface area contributed by atoms with Crippen molar-refractivity contribution in [2.75, 3.05) is 190 Å². The van der Waals surface area contributed by atoms with Gasteiger partial charge >= 0.3 is 5.97 Å². The molecule has 1 amide bonds. The number of amides is 1. The van der Waals surface area contributed by atoms with Crippen LogP contribution in [-0.2, 0) is 61.6 Å². The van der Waals surface area contributed by atoms with E-state index in [1.807, 2.05) is 4.90 Å². The Morgan fingerprint density at radius 3 is 1.33 bits per heavy atom. The van der Waals surface area contributed by atoms with E-state index in [0.29, 0.717) is 183 Å². The van der Waals surface area contributed by atoms with Crippen molar-refractivity contribution >= 4 is 28.5 Å². The van der Waals surface area contributed by atoms with Gasteiger partial charge in [-0.1, -0.05) is 0 Å². The van der Waals surface area contributed by atoms with Gasteiger partial charge in [0.25, 0.3) is 0 Å². The highest BCUT2D eigenvalue weighted by Gasteiger charge is 2.29. The number of aromatic carboxylic acids is 1. The molecule has 0 unspecified atom stereocenters. The van der Waals surface area contributed by atoms with E-state index in [4.69, 9.17) is 56.8 Å². The minimum atomic E-state index is -1.33. The topological polar surface area (TPSA) is 194 Å². The zero-order valence-corrected chi connectivity index (χ0v) is 36.8. The standard InChI is InChI=1S/C43H68FN3O16/c1-52-10-11-54-14-15-56-18-19-58-22-23-60-26-27-62-30-31-63-29-28-61-25-24-59-21-20-57-17-16-55-13-12-53-9-4-41(48)46-7-5-45(6-8-46)40-33-39-36(32-38(40)44)42(49)37(43(50)51)34-47(39)35-2-3-35/h32-35H,2-31H2,1H3,(H,50,51). The van der Waals surface area contributed by atoms with E-state index < -0.39 is 17.2 Å². The predicted octanol–water partition coefficient (Wildman–Crippen LogP) is 2.04. The van der Waals surface area contributed by atoms with Crippen molar-refractivity contribution in [2.45, 2.75) is 25.3 Å². The van der Waals surface area contributed by atoms with Gasteiger partial charge in [0.1, 0.15) is 11.4 Å². The number of fused-ring (bicyclic) bond motifs is 1. The number of rotatable bonds is 39. The van der Waals surface area contributed by atoms with Crippen molar-refractivity contribution < 1.29 is 75.9 Å². The maximum atomic E-state index is 15.3. The third-order valence-electron chi connectivity index (χ3n) is 9.86. The number of aromatic nitrogens is 1. The summed E-state index contributed by atoms with van der Waals surface area (Å²) < 4.78 is 82.2. The summed E-state index contributed by atoms with van der Waals surface area (Å²) in [5.41, 5.74) is -0.205. The maximum absolute atomic E-state index is 15.3. The van der Waals surface area contributed by atoms with E-state index in [1.54, 1.807) is 22.6 Å². The predicted molar refractivity (Wildman–Crippen MR) is 228 cm³/mol. The molecule has 1 aliphatic carbocycles.